The van der Waals surface area contributed by atoms with Gasteiger partial charge in [0.25, 0.3) is 11.8 Å². The Hall–Kier alpha value is -6.10. The van der Waals surface area contributed by atoms with Crippen molar-refractivity contribution in [1.29, 1.82) is 0 Å². The van der Waals surface area contributed by atoms with Crippen LogP contribution in [0.1, 0.15) is 50.7 Å². The number of amides is 2. The number of nitrogens with one attached hydrogen (secondary N) is 4. The molecule has 0 saturated heterocycles. The van der Waals surface area contributed by atoms with Crippen molar-refractivity contribution in [3.63, 3.8) is 0 Å². The van der Waals surface area contributed by atoms with Gasteiger partial charge in [-0.1, -0.05) is 99.7 Å². The summed E-state index contributed by atoms with van der Waals surface area (Å²) in [6.07, 6.45) is 8.12. The van der Waals surface area contributed by atoms with Crippen LogP contribution in [0.2, 0.25) is 40.2 Å². The first-order valence-corrected chi connectivity index (χ1v) is 27.4. The Balaban J connectivity index is 0.000000203. The van der Waals surface area contributed by atoms with Gasteiger partial charge in [-0.2, -0.15) is 0 Å². The maximum atomic E-state index is 12.2. The zero-order chi connectivity index (χ0) is 58.7. The van der Waals surface area contributed by atoms with E-state index in [4.69, 9.17) is 92.8 Å². The number of nitrogens with zero attached hydrogens (tertiary/aromatic N) is 8. The number of hydrogen-bond donors (Lipinski definition) is 8. The van der Waals surface area contributed by atoms with Gasteiger partial charge in [0, 0.05) is 85.7 Å². The van der Waals surface area contributed by atoms with Crippen molar-refractivity contribution >= 4 is 173 Å². The van der Waals surface area contributed by atoms with Crippen molar-refractivity contribution in [3.8, 4) is 23.0 Å². The van der Waals surface area contributed by atoms with E-state index in [1.807, 2.05) is 68.0 Å². The van der Waals surface area contributed by atoms with E-state index in [0.717, 1.165) is 29.3 Å². The Bertz CT molecular complexity index is 3910. The summed E-state index contributed by atoms with van der Waals surface area (Å²) < 4.78 is 1.85. The lowest BCUT2D eigenvalue weighted by atomic mass is 10.2. The largest absolute Gasteiger partial charge is 0.504 e. The average Bonchev–Trinajstić information content (AvgIpc) is 3.65. The van der Waals surface area contributed by atoms with Gasteiger partial charge in [0.05, 0.1) is 69.9 Å². The minimum Gasteiger partial charge on any atom is -0.504 e. The smallest absolute Gasteiger partial charge is 0.269 e. The number of benzene rings is 4. The van der Waals surface area contributed by atoms with Crippen LogP contribution in [-0.4, -0.2) is 110 Å². The summed E-state index contributed by atoms with van der Waals surface area (Å²) in [6.45, 7) is 5.09. The Labute approximate surface area is 528 Å². The van der Waals surface area contributed by atoms with Crippen LogP contribution in [0.5, 0.6) is 23.0 Å². The molecule has 0 spiro atoms. The molecule has 6 heterocycles. The summed E-state index contributed by atoms with van der Waals surface area (Å²) in [4.78, 5) is 54.5. The maximum absolute atomic E-state index is 12.2. The monoisotopic (exact) mass is 1330 g/mol. The second-order valence-electron chi connectivity index (χ2n) is 18.0. The van der Waals surface area contributed by atoms with E-state index < -0.39 is 0 Å². The average molecular weight is 1330 g/mol. The molecule has 2 amide bonds. The fourth-order valence-corrected chi connectivity index (χ4v) is 9.79. The molecule has 4 aromatic carbocycles. The third-order valence-corrected chi connectivity index (χ3v) is 14.1. The molecule has 0 aliphatic carbocycles. The van der Waals surface area contributed by atoms with Gasteiger partial charge in [-0.3, -0.25) is 9.59 Å². The molecular formula is C55H52Cl10N12O6. The first-order valence-electron chi connectivity index (χ1n) is 24.4. The Morgan fingerprint density at radius 3 is 1.37 bits per heavy atom. The molecule has 0 atom stereocenters. The van der Waals surface area contributed by atoms with Crippen molar-refractivity contribution in [2.45, 2.75) is 32.9 Å². The van der Waals surface area contributed by atoms with E-state index in [2.05, 4.69) is 50.8 Å². The molecule has 0 bridgehead atoms. The van der Waals surface area contributed by atoms with Crippen molar-refractivity contribution in [2.24, 2.45) is 7.05 Å². The van der Waals surface area contributed by atoms with Gasteiger partial charge in [-0.25, -0.2) is 29.9 Å². The molecule has 0 radical (unpaired) electrons. The fourth-order valence-electron chi connectivity index (χ4n) is 7.72. The molecule has 10 rings (SSSR count). The lowest BCUT2D eigenvalue weighted by molar-refractivity contribution is 0.0941. The highest BCUT2D eigenvalue weighted by atomic mass is 35.5. The number of H-pyrrole nitrogens is 1. The predicted octanol–water partition coefficient (Wildman–Crippen LogP) is 13.4. The summed E-state index contributed by atoms with van der Waals surface area (Å²) in [6, 6.07) is 19.7. The number of aryl methyl sites for hydroxylation is 1. The highest BCUT2D eigenvalue weighted by Gasteiger charge is 2.18. The molecule has 0 unspecified atom stereocenters. The number of phenolic OH excluding ortho intramolecular Hbond substituents is 4. The molecule has 0 fully saturated rings. The van der Waals surface area contributed by atoms with E-state index in [1.54, 1.807) is 43.1 Å². The SMILES string of the molecule is CCNCc1ccc2c(Cl)cc(Cl)c(O)c2n1.CN(C)Cc1ccc2c(Cl)cc(Cl)c(O)c2n1.Cl.Cl.Cn1cnc(CCNC(=O)c2ccc3c(Cl)cc(Cl)c(O)c3n2)c1.O=C(NCCc1cnc[nH]1)c1ccc2c(Cl)cc(Cl)c(O)c2n1. The van der Waals surface area contributed by atoms with Crippen LogP contribution in [0.15, 0.2) is 97.8 Å². The summed E-state index contributed by atoms with van der Waals surface area (Å²) in [5, 5.41) is 53.2. The van der Waals surface area contributed by atoms with Crippen molar-refractivity contribution < 1.29 is 30.0 Å². The molecule has 10 aromatic rings. The van der Waals surface area contributed by atoms with Crippen LogP contribution in [-0.2, 0) is 33.0 Å². The predicted molar refractivity (Wildman–Crippen MR) is 337 cm³/mol. The maximum Gasteiger partial charge on any atom is 0.269 e. The Morgan fingerprint density at radius 1 is 0.566 bits per heavy atom. The fraction of sp³-hybridized carbons (Fsp3) is 0.200. The number of pyridine rings is 4. The molecule has 28 heteroatoms. The van der Waals surface area contributed by atoms with E-state index in [1.165, 1.54) is 24.3 Å². The lowest BCUT2D eigenvalue weighted by Crippen LogP contribution is -2.26. The first-order chi connectivity index (χ1) is 38.6. The molecule has 438 valence electrons. The van der Waals surface area contributed by atoms with Gasteiger partial charge in [0.1, 0.15) is 33.5 Å². The number of hydrogen-bond acceptors (Lipinski definition) is 14. The van der Waals surface area contributed by atoms with E-state index in [-0.39, 0.29) is 102 Å². The van der Waals surface area contributed by atoms with Crippen molar-refractivity contribution in [1.82, 2.24) is 60.3 Å². The van der Waals surface area contributed by atoms with Gasteiger partial charge in [-0.05, 0) is 93.4 Å². The second-order valence-corrected chi connectivity index (χ2v) is 21.2. The summed E-state index contributed by atoms with van der Waals surface area (Å²) >= 11 is 47.7. The first kappa shape index (κ1) is 67.7. The summed E-state index contributed by atoms with van der Waals surface area (Å²) in [5.74, 6) is -1.13. The molecule has 8 N–H and O–H groups in total. The number of rotatable bonds is 13. The van der Waals surface area contributed by atoms with E-state index in [0.29, 0.717) is 91.7 Å². The molecule has 0 aliphatic rings. The summed E-state index contributed by atoms with van der Waals surface area (Å²) in [7, 11) is 5.80. The zero-order valence-electron chi connectivity index (χ0n) is 44.2. The minimum atomic E-state index is -0.345. The van der Waals surface area contributed by atoms with Gasteiger partial charge in [-0.15, -0.1) is 24.8 Å². The number of carbonyl (C=O) groups excluding carboxylic acids is 2. The highest BCUT2D eigenvalue weighted by Crippen LogP contribution is 2.39. The lowest BCUT2D eigenvalue weighted by Gasteiger charge is -2.11. The Morgan fingerprint density at radius 2 is 0.976 bits per heavy atom. The molecule has 18 nitrogen and oxygen atoms in total. The molecule has 0 aliphatic heterocycles. The third-order valence-electron chi connectivity index (χ3n) is 11.7. The van der Waals surface area contributed by atoms with Crippen molar-refractivity contribution in [3.05, 3.63) is 172 Å². The molecule has 0 saturated carbocycles. The topological polar surface area (TPSA) is 252 Å². The second kappa shape index (κ2) is 31.2. The van der Waals surface area contributed by atoms with Crippen LogP contribution in [0.3, 0.4) is 0 Å². The zero-order valence-corrected chi connectivity index (χ0v) is 51.9. The quantitative estimate of drug-likeness (QED) is 0.0535. The van der Waals surface area contributed by atoms with Crippen LogP contribution in [0.4, 0.5) is 0 Å². The molecule has 6 aromatic heterocycles. The Kier molecular flexibility index (Phi) is 25.4. The number of aromatic hydroxyl groups is 4. The number of phenols is 4. The number of aromatic amines is 1. The number of aromatic nitrogens is 8. The van der Waals surface area contributed by atoms with Gasteiger partial charge >= 0.3 is 0 Å². The normalized spacial score (nSPS) is 10.8. The van der Waals surface area contributed by atoms with Gasteiger partial charge in [0.15, 0.2) is 23.0 Å². The van der Waals surface area contributed by atoms with E-state index >= 15 is 0 Å². The van der Waals surface area contributed by atoms with Crippen LogP contribution < -0.4 is 16.0 Å². The number of carbonyl (C=O) groups is 2. The third kappa shape index (κ3) is 17.5. The molecule has 83 heavy (non-hydrogen) atoms. The van der Waals surface area contributed by atoms with Crippen LogP contribution in [0.25, 0.3) is 43.6 Å². The van der Waals surface area contributed by atoms with Gasteiger partial charge in [0.2, 0.25) is 0 Å². The number of halogens is 10. The minimum absolute atomic E-state index is 0. The highest BCUT2D eigenvalue weighted by molar-refractivity contribution is 6.42. The van der Waals surface area contributed by atoms with Crippen LogP contribution in [0, 0.1) is 0 Å². The van der Waals surface area contributed by atoms with E-state index in [9.17, 15) is 30.0 Å². The molecular weight excluding hydrogens is 1280 g/mol. The van der Waals surface area contributed by atoms with Crippen molar-refractivity contribution in [2.75, 3.05) is 33.7 Å². The standard InChI is InChI=1S/C16H14Cl2N4O2.C15H12Cl2N4O2.2C12H12Cl2N2O.2ClH/c1-22-7-9(20-8-22)4-5-19-16(24)13-3-2-10-11(17)6-12(18)15(23)14(10)21-13;16-10-5-11(17)14(22)13-9(10)1-2-12(21-13)15(23)19-4-3-8-6-18-7-20-8;1-16(2)6-7-3-4-8-9(13)5-10(14)12(17)11(8)15-7;1-2-15-6-7-3-4-8-9(13)5-10(14)12(17)11(8)16-7;;/h2-3,6-8,23H,4-5H2,1H3,(H,19,24);1-2,5-7,22H,3-4H2,(H,18,20)(H,19,23);3-5,17H,6H2,1-2H3;3-5,15,17H,2,6H2,1H3;2*1H. The number of imidazole rings is 2. The van der Waals surface area contributed by atoms with Gasteiger partial charge < -0.3 is 50.8 Å². The summed E-state index contributed by atoms with van der Waals surface area (Å²) in [5.41, 5.74) is 5.15. The number of fused-ring (bicyclic) bond motifs is 4. The van der Waals surface area contributed by atoms with Crippen LogP contribution >= 0.6 is 118 Å².